The zero-order valence-electron chi connectivity index (χ0n) is 12.1. The van der Waals surface area contributed by atoms with Gasteiger partial charge in [0.1, 0.15) is 0 Å². The Balaban J connectivity index is 1.52. The molecule has 0 aromatic heterocycles. The molecule has 1 nitrogen and oxygen atoms in total. The summed E-state index contributed by atoms with van der Waals surface area (Å²) in [7, 11) is 0. The number of benzene rings is 1. The van der Waals surface area contributed by atoms with Gasteiger partial charge in [-0.25, -0.2) is 0 Å². The van der Waals surface area contributed by atoms with Crippen LogP contribution in [0.4, 0.5) is 0 Å². The van der Waals surface area contributed by atoms with Crippen LogP contribution in [0.3, 0.4) is 0 Å². The van der Waals surface area contributed by atoms with Crippen molar-refractivity contribution in [1.29, 1.82) is 0 Å². The highest BCUT2D eigenvalue weighted by atomic mass is 32.2. The van der Waals surface area contributed by atoms with Crippen molar-refractivity contribution < 1.29 is 0 Å². The third-order valence-electron chi connectivity index (χ3n) is 4.79. The van der Waals surface area contributed by atoms with Crippen LogP contribution in [0.2, 0.25) is 0 Å². The van der Waals surface area contributed by atoms with Gasteiger partial charge in [0.05, 0.1) is 0 Å². The Hall–Kier alpha value is -0.470. The fraction of sp³-hybridized carbons (Fsp3) is 0.647. The van der Waals surface area contributed by atoms with E-state index in [2.05, 4.69) is 43.4 Å². The maximum Gasteiger partial charge on any atom is 0.0108 e. The summed E-state index contributed by atoms with van der Waals surface area (Å²) < 4.78 is 0. The molecule has 1 fully saturated rings. The highest BCUT2D eigenvalue weighted by Crippen LogP contribution is 2.39. The molecular formula is C17H25NS. The monoisotopic (exact) mass is 275 g/mol. The second-order valence-corrected chi connectivity index (χ2v) is 7.95. The molecule has 0 spiro atoms. The molecule has 1 heterocycles. The van der Waals surface area contributed by atoms with Crippen molar-refractivity contribution in [2.75, 3.05) is 12.3 Å². The first-order valence-electron chi connectivity index (χ1n) is 7.59. The standard InChI is InChI=1S/C17H25NS/c1-17(2)9-7-14(8-10-17)18-11-13-12-19-16-6-4-3-5-15(13)16/h3-6,13-14,18H,7-12H2,1-2H3. The fourth-order valence-corrected chi connectivity index (χ4v) is 4.56. The lowest BCUT2D eigenvalue weighted by molar-refractivity contribution is 0.206. The van der Waals surface area contributed by atoms with E-state index in [1.165, 1.54) is 36.3 Å². The van der Waals surface area contributed by atoms with E-state index in [0.29, 0.717) is 5.41 Å². The van der Waals surface area contributed by atoms with Crippen LogP contribution in [0.1, 0.15) is 51.0 Å². The van der Waals surface area contributed by atoms with E-state index in [9.17, 15) is 0 Å². The molecule has 1 N–H and O–H groups in total. The minimum Gasteiger partial charge on any atom is -0.313 e. The molecule has 1 saturated carbocycles. The molecule has 1 aliphatic carbocycles. The zero-order valence-corrected chi connectivity index (χ0v) is 12.9. The van der Waals surface area contributed by atoms with E-state index >= 15 is 0 Å². The van der Waals surface area contributed by atoms with Gasteiger partial charge in [-0.3, -0.25) is 0 Å². The lowest BCUT2D eigenvalue weighted by Crippen LogP contribution is -2.37. The summed E-state index contributed by atoms with van der Waals surface area (Å²) in [5.41, 5.74) is 2.14. The Bertz CT molecular complexity index is 431. The van der Waals surface area contributed by atoms with Crippen LogP contribution in [-0.4, -0.2) is 18.3 Å². The maximum atomic E-state index is 3.83. The third-order valence-corrected chi connectivity index (χ3v) is 6.04. The van der Waals surface area contributed by atoms with E-state index < -0.39 is 0 Å². The quantitative estimate of drug-likeness (QED) is 0.875. The number of thioether (sulfide) groups is 1. The highest BCUT2D eigenvalue weighted by Gasteiger charge is 2.28. The van der Waals surface area contributed by atoms with Gasteiger partial charge in [-0.05, 0) is 42.7 Å². The number of hydrogen-bond acceptors (Lipinski definition) is 2. The van der Waals surface area contributed by atoms with Gasteiger partial charge in [-0.1, -0.05) is 32.0 Å². The summed E-state index contributed by atoms with van der Waals surface area (Å²) >= 11 is 2.02. The first-order chi connectivity index (χ1) is 9.14. The topological polar surface area (TPSA) is 12.0 Å². The second-order valence-electron chi connectivity index (χ2n) is 6.89. The van der Waals surface area contributed by atoms with Crippen molar-refractivity contribution in [3.8, 4) is 0 Å². The summed E-state index contributed by atoms with van der Waals surface area (Å²) in [6.45, 7) is 5.98. The molecule has 1 aromatic carbocycles. The molecular weight excluding hydrogens is 250 g/mol. The Morgan fingerprint density at radius 3 is 2.74 bits per heavy atom. The van der Waals surface area contributed by atoms with Gasteiger partial charge in [-0.2, -0.15) is 0 Å². The number of nitrogens with one attached hydrogen (secondary N) is 1. The second kappa shape index (κ2) is 5.49. The average molecular weight is 275 g/mol. The molecule has 2 aliphatic rings. The smallest absolute Gasteiger partial charge is 0.0108 e. The molecule has 1 aliphatic heterocycles. The van der Waals surface area contributed by atoms with Gasteiger partial charge in [0.15, 0.2) is 0 Å². The van der Waals surface area contributed by atoms with Crippen LogP contribution in [0.25, 0.3) is 0 Å². The fourth-order valence-electron chi connectivity index (χ4n) is 3.31. The van der Waals surface area contributed by atoms with Crippen molar-refractivity contribution >= 4 is 11.8 Å². The molecule has 1 unspecified atom stereocenters. The molecule has 104 valence electrons. The van der Waals surface area contributed by atoms with Gasteiger partial charge >= 0.3 is 0 Å². The summed E-state index contributed by atoms with van der Waals surface area (Å²) in [5, 5.41) is 3.83. The lowest BCUT2D eigenvalue weighted by atomic mass is 9.75. The largest absolute Gasteiger partial charge is 0.313 e. The van der Waals surface area contributed by atoms with Gasteiger partial charge < -0.3 is 5.32 Å². The molecule has 19 heavy (non-hydrogen) atoms. The number of rotatable bonds is 3. The van der Waals surface area contributed by atoms with Crippen molar-refractivity contribution in [1.82, 2.24) is 5.32 Å². The maximum absolute atomic E-state index is 3.83. The molecule has 0 bridgehead atoms. The Morgan fingerprint density at radius 1 is 1.21 bits per heavy atom. The molecule has 0 saturated heterocycles. The Morgan fingerprint density at radius 2 is 1.95 bits per heavy atom. The molecule has 1 atom stereocenters. The third kappa shape index (κ3) is 3.17. The molecule has 1 aromatic rings. The summed E-state index contributed by atoms with van der Waals surface area (Å²) in [4.78, 5) is 1.50. The van der Waals surface area contributed by atoms with Crippen molar-refractivity contribution in [3.63, 3.8) is 0 Å². The van der Waals surface area contributed by atoms with Crippen LogP contribution in [0, 0.1) is 5.41 Å². The van der Waals surface area contributed by atoms with Gasteiger partial charge in [0.2, 0.25) is 0 Å². The van der Waals surface area contributed by atoms with Crippen molar-refractivity contribution in [2.24, 2.45) is 5.41 Å². The van der Waals surface area contributed by atoms with Crippen LogP contribution >= 0.6 is 11.8 Å². The van der Waals surface area contributed by atoms with Gasteiger partial charge in [-0.15, -0.1) is 11.8 Å². The first-order valence-corrected chi connectivity index (χ1v) is 8.58. The molecule has 3 rings (SSSR count). The number of fused-ring (bicyclic) bond motifs is 1. The zero-order chi connectivity index (χ0) is 13.3. The highest BCUT2D eigenvalue weighted by molar-refractivity contribution is 7.99. The summed E-state index contributed by atoms with van der Waals surface area (Å²) in [6, 6.07) is 9.67. The predicted molar refractivity (Wildman–Crippen MR) is 83.9 cm³/mol. The van der Waals surface area contributed by atoms with E-state index in [0.717, 1.165) is 18.5 Å². The van der Waals surface area contributed by atoms with E-state index in [1.807, 2.05) is 11.8 Å². The van der Waals surface area contributed by atoms with Crippen molar-refractivity contribution in [3.05, 3.63) is 29.8 Å². The normalized spacial score (nSPS) is 26.3. The minimum absolute atomic E-state index is 0.577. The minimum atomic E-state index is 0.577. The Kier molecular flexibility index (Phi) is 3.91. The molecule has 0 radical (unpaired) electrons. The van der Waals surface area contributed by atoms with Crippen LogP contribution in [0.5, 0.6) is 0 Å². The van der Waals surface area contributed by atoms with Gasteiger partial charge in [0.25, 0.3) is 0 Å². The van der Waals surface area contributed by atoms with E-state index in [1.54, 1.807) is 5.56 Å². The Labute approximate surface area is 121 Å². The molecule has 2 heteroatoms. The summed E-state index contributed by atoms with van der Waals surface area (Å²) in [6.07, 6.45) is 5.46. The van der Waals surface area contributed by atoms with Crippen LogP contribution in [0.15, 0.2) is 29.2 Å². The van der Waals surface area contributed by atoms with Gasteiger partial charge in [0, 0.05) is 29.2 Å². The number of hydrogen-bond donors (Lipinski definition) is 1. The van der Waals surface area contributed by atoms with Crippen molar-refractivity contribution in [2.45, 2.75) is 56.4 Å². The van der Waals surface area contributed by atoms with Crippen LogP contribution in [-0.2, 0) is 0 Å². The average Bonchev–Trinajstić information content (AvgIpc) is 2.81. The van der Waals surface area contributed by atoms with E-state index in [-0.39, 0.29) is 0 Å². The summed E-state index contributed by atoms with van der Waals surface area (Å²) in [5.74, 6) is 1.97. The molecule has 0 amide bonds. The lowest BCUT2D eigenvalue weighted by Gasteiger charge is -2.35. The SMILES string of the molecule is CC1(C)CCC(NCC2CSc3ccccc32)CC1. The predicted octanol–water partition coefficient (Wildman–Crippen LogP) is 4.43. The van der Waals surface area contributed by atoms with E-state index in [4.69, 9.17) is 0 Å². The van der Waals surface area contributed by atoms with Crippen LogP contribution < -0.4 is 5.32 Å². The first kappa shape index (κ1) is 13.5.